The number of fused-ring (bicyclic) bond motifs is 2. The summed E-state index contributed by atoms with van der Waals surface area (Å²) >= 11 is 0. The molecule has 0 saturated heterocycles. The number of amides is 1. The van der Waals surface area contributed by atoms with Gasteiger partial charge in [-0.1, -0.05) is 12.2 Å². The Morgan fingerprint density at radius 3 is 3.14 bits per heavy atom. The molecule has 2 aliphatic rings. The van der Waals surface area contributed by atoms with Crippen molar-refractivity contribution in [2.75, 3.05) is 6.54 Å². The molecule has 1 aliphatic heterocycles. The van der Waals surface area contributed by atoms with Crippen LogP contribution in [0.5, 0.6) is 0 Å². The molecule has 2 aromatic heterocycles. The molecule has 0 spiro atoms. The maximum absolute atomic E-state index is 12.7. The van der Waals surface area contributed by atoms with Crippen molar-refractivity contribution >= 4 is 16.9 Å². The van der Waals surface area contributed by atoms with Crippen molar-refractivity contribution in [2.24, 2.45) is 5.92 Å². The summed E-state index contributed by atoms with van der Waals surface area (Å²) in [6, 6.07) is 6.10. The van der Waals surface area contributed by atoms with Gasteiger partial charge in [0.1, 0.15) is 0 Å². The minimum atomic E-state index is 0.168. The molecule has 0 saturated carbocycles. The van der Waals surface area contributed by atoms with Crippen LogP contribution in [0.1, 0.15) is 30.5 Å². The van der Waals surface area contributed by atoms with Crippen molar-refractivity contribution in [2.45, 2.75) is 32.2 Å². The van der Waals surface area contributed by atoms with E-state index in [1.54, 1.807) is 6.20 Å². The van der Waals surface area contributed by atoms with Crippen LogP contribution >= 0.6 is 0 Å². The van der Waals surface area contributed by atoms with E-state index in [0.717, 1.165) is 49.0 Å². The molecule has 0 radical (unpaired) electrons. The molecule has 1 amide bonds. The molecule has 112 valence electrons. The summed E-state index contributed by atoms with van der Waals surface area (Å²) in [6.45, 7) is 1.46. The van der Waals surface area contributed by atoms with Gasteiger partial charge in [-0.2, -0.15) is 0 Å². The zero-order chi connectivity index (χ0) is 14.9. The fourth-order valence-corrected chi connectivity index (χ4v) is 3.43. The van der Waals surface area contributed by atoms with Crippen LogP contribution in [0.2, 0.25) is 0 Å². The summed E-state index contributed by atoms with van der Waals surface area (Å²) in [7, 11) is 0. The highest BCUT2D eigenvalue weighted by Gasteiger charge is 2.27. The van der Waals surface area contributed by atoms with Gasteiger partial charge in [0.2, 0.25) is 5.91 Å². The summed E-state index contributed by atoms with van der Waals surface area (Å²) in [4.78, 5) is 23.7. The van der Waals surface area contributed by atoms with Gasteiger partial charge in [-0.3, -0.25) is 4.79 Å². The largest absolute Gasteiger partial charge is 0.338 e. The average molecular weight is 293 g/mol. The summed E-state index contributed by atoms with van der Waals surface area (Å²) in [5, 5.41) is 1.05. The van der Waals surface area contributed by atoms with Crippen LogP contribution in [-0.2, 0) is 17.8 Å². The molecule has 1 atom stereocenters. The molecule has 2 aromatic rings. The number of carbonyl (C=O) groups excluding carboxylic acids is 1. The first-order valence-electron chi connectivity index (χ1n) is 7.98. The molecule has 4 heteroatoms. The summed E-state index contributed by atoms with van der Waals surface area (Å²) in [6.07, 6.45) is 9.83. The molecular weight excluding hydrogens is 274 g/mol. The predicted octanol–water partition coefficient (Wildman–Crippen LogP) is 2.87. The maximum atomic E-state index is 12.7. The molecule has 0 fully saturated rings. The Morgan fingerprint density at radius 2 is 2.27 bits per heavy atom. The van der Waals surface area contributed by atoms with Crippen molar-refractivity contribution < 1.29 is 4.79 Å². The van der Waals surface area contributed by atoms with Gasteiger partial charge in [0.25, 0.3) is 0 Å². The highest BCUT2D eigenvalue weighted by atomic mass is 16.2. The van der Waals surface area contributed by atoms with E-state index in [1.807, 2.05) is 17.0 Å². The van der Waals surface area contributed by atoms with Crippen molar-refractivity contribution in [1.29, 1.82) is 0 Å². The molecule has 3 heterocycles. The number of hydrogen-bond acceptors (Lipinski definition) is 3. The van der Waals surface area contributed by atoms with E-state index < -0.39 is 0 Å². The monoisotopic (exact) mass is 293 g/mol. The quantitative estimate of drug-likeness (QED) is 0.760. The van der Waals surface area contributed by atoms with E-state index in [0.29, 0.717) is 12.5 Å². The number of nitrogens with zero attached hydrogens (tertiary/aromatic N) is 3. The third-order valence-corrected chi connectivity index (χ3v) is 4.67. The normalized spacial score (nSPS) is 20.9. The minimum absolute atomic E-state index is 0.168. The Kier molecular flexibility index (Phi) is 3.37. The fourth-order valence-electron chi connectivity index (χ4n) is 3.43. The molecule has 4 nitrogen and oxygen atoms in total. The molecule has 22 heavy (non-hydrogen) atoms. The van der Waals surface area contributed by atoms with E-state index >= 15 is 0 Å². The average Bonchev–Trinajstić information content (AvgIpc) is 2.59. The van der Waals surface area contributed by atoms with Crippen molar-refractivity contribution in [1.82, 2.24) is 14.9 Å². The smallest absolute Gasteiger partial charge is 0.226 e. The lowest BCUT2D eigenvalue weighted by atomic mass is 9.92. The van der Waals surface area contributed by atoms with Crippen molar-refractivity contribution in [3.8, 4) is 0 Å². The number of hydrogen-bond donors (Lipinski definition) is 0. The molecule has 4 rings (SSSR count). The van der Waals surface area contributed by atoms with Gasteiger partial charge in [-0.05, 0) is 43.0 Å². The minimum Gasteiger partial charge on any atom is -0.338 e. The first-order valence-corrected chi connectivity index (χ1v) is 7.98. The Morgan fingerprint density at radius 1 is 1.32 bits per heavy atom. The van der Waals surface area contributed by atoms with Crippen LogP contribution in [0.4, 0.5) is 0 Å². The van der Waals surface area contributed by atoms with Crippen LogP contribution in [0, 0.1) is 5.92 Å². The summed E-state index contributed by atoms with van der Waals surface area (Å²) < 4.78 is 0. The summed E-state index contributed by atoms with van der Waals surface area (Å²) in [5.74, 6) is 0.475. The van der Waals surface area contributed by atoms with Crippen LogP contribution in [0.25, 0.3) is 11.0 Å². The molecular formula is C18H19N3O. The predicted molar refractivity (Wildman–Crippen MR) is 85.1 cm³/mol. The number of allylic oxidation sites excluding steroid dienone is 2. The first kappa shape index (κ1) is 13.4. The van der Waals surface area contributed by atoms with E-state index in [4.69, 9.17) is 0 Å². The van der Waals surface area contributed by atoms with Crippen LogP contribution in [-0.4, -0.2) is 27.3 Å². The highest BCUT2D eigenvalue weighted by Crippen LogP contribution is 2.26. The van der Waals surface area contributed by atoms with Crippen LogP contribution in [0.3, 0.4) is 0 Å². The Bertz CT molecular complexity index is 753. The Labute approximate surface area is 129 Å². The number of carbonyl (C=O) groups is 1. The topological polar surface area (TPSA) is 46.1 Å². The lowest BCUT2D eigenvalue weighted by Gasteiger charge is -2.32. The first-order chi connectivity index (χ1) is 10.8. The molecule has 1 aliphatic carbocycles. The zero-order valence-electron chi connectivity index (χ0n) is 12.5. The van der Waals surface area contributed by atoms with Gasteiger partial charge in [0, 0.05) is 42.7 Å². The molecule has 0 aromatic carbocycles. The second kappa shape index (κ2) is 5.52. The van der Waals surface area contributed by atoms with Gasteiger partial charge in [-0.15, -0.1) is 0 Å². The van der Waals surface area contributed by atoms with Crippen molar-refractivity contribution in [3.63, 3.8) is 0 Å². The second-order valence-corrected chi connectivity index (χ2v) is 6.14. The molecule has 1 unspecified atom stereocenters. The van der Waals surface area contributed by atoms with E-state index in [9.17, 15) is 4.79 Å². The number of pyridine rings is 2. The Balaban J connectivity index is 1.59. The summed E-state index contributed by atoms with van der Waals surface area (Å²) in [5.41, 5.74) is 3.07. The van der Waals surface area contributed by atoms with Gasteiger partial charge in [0.05, 0.1) is 0 Å². The van der Waals surface area contributed by atoms with Crippen LogP contribution < -0.4 is 0 Å². The number of rotatable bonds is 1. The third-order valence-electron chi connectivity index (χ3n) is 4.67. The van der Waals surface area contributed by atoms with E-state index in [2.05, 4.69) is 28.2 Å². The van der Waals surface area contributed by atoms with Crippen LogP contribution in [0.15, 0.2) is 36.5 Å². The standard InChI is InChI=1S/C18H19N3O/c22-18(13-5-2-1-3-6-13)21-10-8-16-15(12-21)11-14-7-4-9-19-17(14)20-16/h1-2,4,7,9,11,13H,3,5-6,8,10,12H2. The van der Waals surface area contributed by atoms with E-state index in [-0.39, 0.29) is 5.92 Å². The van der Waals surface area contributed by atoms with Gasteiger partial charge in [-0.25, -0.2) is 9.97 Å². The fraction of sp³-hybridized carbons (Fsp3) is 0.389. The third kappa shape index (κ3) is 2.39. The Hall–Kier alpha value is -2.23. The molecule has 0 N–H and O–H groups in total. The number of aromatic nitrogens is 2. The lowest BCUT2D eigenvalue weighted by molar-refractivity contribution is -0.136. The van der Waals surface area contributed by atoms with Gasteiger partial charge >= 0.3 is 0 Å². The highest BCUT2D eigenvalue weighted by molar-refractivity contribution is 5.80. The zero-order valence-corrected chi connectivity index (χ0v) is 12.5. The molecule has 0 bridgehead atoms. The van der Waals surface area contributed by atoms with Crippen molar-refractivity contribution in [3.05, 3.63) is 47.8 Å². The van der Waals surface area contributed by atoms with Gasteiger partial charge < -0.3 is 4.90 Å². The SMILES string of the molecule is O=C(C1CC=CCC1)N1CCc2nc3ncccc3cc2C1. The van der Waals surface area contributed by atoms with E-state index in [1.165, 1.54) is 5.56 Å². The maximum Gasteiger partial charge on any atom is 0.226 e. The van der Waals surface area contributed by atoms with Gasteiger partial charge in [0.15, 0.2) is 5.65 Å². The second-order valence-electron chi connectivity index (χ2n) is 6.14. The lowest BCUT2D eigenvalue weighted by Crippen LogP contribution is -2.40.